The van der Waals surface area contributed by atoms with E-state index in [0.29, 0.717) is 34.4 Å². The Morgan fingerprint density at radius 3 is 2.42 bits per heavy atom. The van der Waals surface area contributed by atoms with E-state index in [4.69, 9.17) is 4.74 Å². The molecule has 0 radical (unpaired) electrons. The van der Waals surface area contributed by atoms with Crippen LogP contribution in [0.1, 0.15) is 59.5 Å². The lowest BCUT2D eigenvalue weighted by molar-refractivity contribution is -0.118. The van der Waals surface area contributed by atoms with Crippen LogP contribution in [0.25, 0.3) is 0 Å². The highest BCUT2D eigenvalue weighted by Gasteiger charge is 2.41. The van der Waals surface area contributed by atoms with Crippen LogP contribution in [0.2, 0.25) is 0 Å². The molecule has 2 heterocycles. The molecule has 0 saturated carbocycles. The van der Waals surface area contributed by atoms with Crippen molar-refractivity contribution in [1.29, 1.82) is 0 Å². The molecule has 1 aromatic heterocycles. The first-order valence-corrected chi connectivity index (χ1v) is 14.4. The Balaban J connectivity index is 1.67. The van der Waals surface area contributed by atoms with Crippen LogP contribution in [0.5, 0.6) is 0 Å². The molecule has 194 valence electrons. The highest BCUT2D eigenvalue weighted by Crippen LogP contribution is 2.39. The quantitative estimate of drug-likeness (QED) is 0.539. The number of amides is 3. The molecule has 3 amide bonds. The molecule has 1 N–H and O–H groups in total. The zero-order valence-electron chi connectivity index (χ0n) is 20.7. The summed E-state index contributed by atoms with van der Waals surface area (Å²) in [6.07, 6.45) is 3.99. The fraction of sp³-hybridized carbons (Fsp3) is 0.480. The van der Waals surface area contributed by atoms with E-state index in [-0.39, 0.29) is 11.5 Å². The van der Waals surface area contributed by atoms with E-state index in [2.05, 4.69) is 5.32 Å². The Kier molecular flexibility index (Phi) is 7.70. The molecule has 1 aromatic carbocycles. The van der Waals surface area contributed by atoms with Crippen LogP contribution in [0.4, 0.5) is 9.80 Å². The molecule has 11 heteroatoms. The van der Waals surface area contributed by atoms with E-state index in [1.807, 2.05) is 6.92 Å². The highest BCUT2D eigenvalue weighted by atomic mass is 32.2. The summed E-state index contributed by atoms with van der Waals surface area (Å²) in [5.41, 5.74) is 2.07. The Morgan fingerprint density at radius 1 is 1.11 bits per heavy atom. The van der Waals surface area contributed by atoms with Gasteiger partial charge in [0.2, 0.25) is 5.91 Å². The van der Waals surface area contributed by atoms with Gasteiger partial charge in [-0.2, -0.15) is 0 Å². The zero-order valence-corrected chi connectivity index (χ0v) is 22.3. The van der Waals surface area contributed by atoms with Gasteiger partial charge in [0.05, 0.1) is 17.1 Å². The molecule has 1 aliphatic carbocycles. The minimum absolute atomic E-state index is 0.0670. The number of hydrogen-bond donors (Lipinski definition) is 1. The fourth-order valence-electron chi connectivity index (χ4n) is 4.58. The van der Waals surface area contributed by atoms with Crippen LogP contribution in [0, 0.1) is 6.92 Å². The summed E-state index contributed by atoms with van der Waals surface area (Å²) in [6.45, 7) is 5.98. The number of carbonyl (C=O) groups excluding carboxylic acids is 3. The van der Waals surface area contributed by atoms with Crippen molar-refractivity contribution in [1.82, 2.24) is 9.21 Å². The van der Waals surface area contributed by atoms with E-state index in [0.717, 1.165) is 41.7 Å². The number of thiophene rings is 1. The summed E-state index contributed by atoms with van der Waals surface area (Å²) in [7, 11) is -4.33. The monoisotopic (exact) mass is 533 g/mol. The van der Waals surface area contributed by atoms with Gasteiger partial charge in [-0.25, -0.2) is 22.3 Å². The van der Waals surface area contributed by atoms with Gasteiger partial charge in [0.1, 0.15) is 11.0 Å². The first-order valence-electron chi connectivity index (χ1n) is 12.2. The molecule has 2 aromatic rings. The lowest BCUT2D eigenvalue weighted by Gasteiger charge is -2.31. The van der Waals surface area contributed by atoms with Gasteiger partial charge in [0.15, 0.2) is 0 Å². The summed E-state index contributed by atoms with van der Waals surface area (Å²) in [5, 5.41) is 3.07. The first kappa shape index (κ1) is 26.2. The number of rotatable bonds is 7. The minimum atomic E-state index is -4.33. The summed E-state index contributed by atoms with van der Waals surface area (Å²) >= 11 is 1.30. The molecule has 1 fully saturated rings. The SMILES string of the molecule is CCOC(=O)c1c(NC(=O)C(C)N(C(=O)N2CCCC2)S(=O)(=O)c2ccc(C)cc2)sc2c1CCC2. The van der Waals surface area contributed by atoms with Crippen molar-refractivity contribution in [2.45, 2.75) is 63.8 Å². The van der Waals surface area contributed by atoms with Crippen molar-refractivity contribution >= 4 is 44.3 Å². The number of fused-ring (bicyclic) bond motifs is 1. The molecule has 2 aliphatic rings. The van der Waals surface area contributed by atoms with Crippen molar-refractivity contribution < 1.29 is 27.5 Å². The summed E-state index contributed by atoms with van der Waals surface area (Å²) in [5.74, 6) is -1.21. The van der Waals surface area contributed by atoms with Gasteiger partial charge in [0, 0.05) is 18.0 Å². The predicted octanol–water partition coefficient (Wildman–Crippen LogP) is 3.96. The van der Waals surface area contributed by atoms with Gasteiger partial charge in [-0.3, -0.25) is 4.79 Å². The van der Waals surface area contributed by atoms with Crippen LogP contribution in [0.15, 0.2) is 29.2 Å². The highest BCUT2D eigenvalue weighted by molar-refractivity contribution is 7.89. The second-order valence-corrected chi connectivity index (χ2v) is 12.0. The maximum absolute atomic E-state index is 13.6. The Morgan fingerprint density at radius 2 is 1.78 bits per heavy atom. The van der Waals surface area contributed by atoms with Crippen LogP contribution in [0.3, 0.4) is 0 Å². The molecule has 0 bridgehead atoms. The number of esters is 1. The number of benzene rings is 1. The van der Waals surface area contributed by atoms with Crippen LogP contribution < -0.4 is 5.32 Å². The third-order valence-corrected chi connectivity index (χ3v) is 9.58. The topological polar surface area (TPSA) is 113 Å². The molecule has 0 spiro atoms. The molecular formula is C25H31N3O6S2. The molecule has 1 saturated heterocycles. The lowest BCUT2D eigenvalue weighted by Crippen LogP contribution is -2.53. The number of carbonyl (C=O) groups is 3. The number of anilines is 1. The van der Waals surface area contributed by atoms with Gasteiger partial charge >= 0.3 is 12.0 Å². The number of urea groups is 1. The van der Waals surface area contributed by atoms with Crippen molar-refractivity contribution in [3.05, 3.63) is 45.8 Å². The second kappa shape index (κ2) is 10.6. The van der Waals surface area contributed by atoms with Crippen LogP contribution in [-0.2, 0) is 32.4 Å². The van der Waals surface area contributed by atoms with Crippen molar-refractivity contribution in [3.63, 3.8) is 0 Å². The smallest absolute Gasteiger partial charge is 0.341 e. The Bertz CT molecular complexity index is 1260. The van der Waals surface area contributed by atoms with E-state index < -0.39 is 34.0 Å². The van der Waals surface area contributed by atoms with E-state index in [1.165, 1.54) is 35.3 Å². The number of hydrogen-bond acceptors (Lipinski definition) is 7. The molecular weight excluding hydrogens is 502 g/mol. The molecule has 1 unspecified atom stereocenters. The molecule has 4 rings (SSSR count). The summed E-state index contributed by atoms with van der Waals surface area (Å²) in [6, 6.07) is 4.08. The predicted molar refractivity (Wildman–Crippen MR) is 137 cm³/mol. The molecule has 9 nitrogen and oxygen atoms in total. The van der Waals surface area contributed by atoms with Crippen molar-refractivity contribution in [2.75, 3.05) is 25.0 Å². The van der Waals surface area contributed by atoms with Gasteiger partial charge < -0.3 is 15.0 Å². The second-order valence-electron chi connectivity index (χ2n) is 9.04. The van der Waals surface area contributed by atoms with Gasteiger partial charge in [-0.05, 0) is 70.6 Å². The number of likely N-dealkylation sites (tertiary alicyclic amines) is 1. The van der Waals surface area contributed by atoms with Crippen LogP contribution in [-0.4, -0.2) is 61.3 Å². The number of ether oxygens (including phenoxy) is 1. The van der Waals surface area contributed by atoms with Gasteiger partial charge in [0.25, 0.3) is 10.0 Å². The van der Waals surface area contributed by atoms with E-state index in [1.54, 1.807) is 19.1 Å². The maximum atomic E-state index is 13.6. The van der Waals surface area contributed by atoms with Gasteiger partial charge in [-0.15, -0.1) is 11.3 Å². The normalized spacial score (nSPS) is 15.9. The lowest BCUT2D eigenvalue weighted by atomic mass is 10.1. The third-order valence-electron chi connectivity index (χ3n) is 6.51. The standard InChI is InChI=1S/C25H31N3O6S2/c1-4-34-24(30)21-19-8-7-9-20(19)35-23(21)26-22(29)17(3)28(25(31)27-14-5-6-15-27)36(32,33)18-12-10-16(2)11-13-18/h10-13,17H,4-9,14-15H2,1-3H3,(H,26,29). The third kappa shape index (κ3) is 4.99. The largest absolute Gasteiger partial charge is 0.462 e. The van der Waals surface area contributed by atoms with E-state index >= 15 is 0 Å². The average molecular weight is 534 g/mol. The fourth-order valence-corrected chi connectivity index (χ4v) is 7.40. The minimum Gasteiger partial charge on any atom is -0.462 e. The van der Waals surface area contributed by atoms with Crippen molar-refractivity contribution in [2.24, 2.45) is 0 Å². The zero-order chi connectivity index (χ0) is 26.0. The van der Waals surface area contributed by atoms with E-state index in [9.17, 15) is 22.8 Å². The van der Waals surface area contributed by atoms with Crippen molar-refractivity contribution in [3.8, 4) is 0 Å². The molecule has 36 heavy (non-hydrogen) atoms. The molecule has 1 aliphatic heterocycles. The summed E-state index contributed by atoms with van der Waals surface area (Å²) < 4.78 is 33.2. The summed E-state index contributed by atoms with van der Waals surface area (Å²) in [4.78, 5) is 42.0. The Hall–Kier alpha value is -2.92. The first-order chi connectivity index (χ1) is 17.1. The van der Waals surface area contributed by atoms with Gasteiger partial charge in [-0.1, -0.05) is 17.7 Å². The average Bonchev–Trinajstić information content (AvgIpc) is 3.57. The number of nitrogens with one attached hydrogen (secondary N) is 1. The van der Waals surface area contributed by atoms with Crippen LogP contribution >= 0.6 is 11.3 Å². The Labute approximate surface area is 215 Å². The number of sulfonamides is 1. The number of aryl methyl sites for hydroxylation is 2. The maximum Gasteiger partial charge on any atom is 0.341 e. The number of nitrogens with zero attached hydrogens (tertiary/aromatic N) is 2. The molecule has 1 atom stereocenters.